The number of benzene rings is 1. The van der Waals surface area contributed by atoms with Crippen molar-refractivity contribution in [3.05, 3.63) is 66.0 Å². The lowest BCUT2D eigenvalue weighted by molar-refractivity contribution is -0.142. The summed E-state index contributed by atoms with van der Waals surface area (Å²) in [7, 11) is 1.36. The number of nitrogens with zero attached hydrogens (tertiary/aromatic N) is 2. The number of ether oxygens (including phenoxy) is 1. The molecule has 0 saturated carbocycles. The highest BCUT2D eigenvalue weighted by Gasteiger charge is 2.16. The van der Waals surface area contributed by atoms with Crippen LogP contribution >= 0.6 is 11.9 Å². The van der Waals surface area contributed by atoms with E-state index in [9.17, 15) is 4.79 Å². The van der Waals surface area contributed by atoms with Gasteiger partial charge in [0.1, 0.15) is 6.04 Å². The summed E-state index contributed by atoms with van der Waals surface area (Å²) in [5, 5.41) is 0. The molecule has 0 saturated heterocycles. The first-order chi connectivity index (χ1) is 12.7. The van der Waals surface area contributed by atoms with E-state index in [-0.39, 0.29) is 5.97 Å². The molecule has 0 aliphatic carbocycles. The van der Waals surface area contributed by atoms with Gasteiger partial charge in [0, 0.05) is 30.4 Å². The molecule has 2 heterocycles. The summed E-state index contributed by atoms with van der Waals surface area (Å²) in [6.45, 7) is 1.91. The first-order valence-electron chi connectivity index (χ1n) is 8.60. The zero-order valence-corrected chi connectivity index (χ0v) is 15.6. The van der Waals surface area contributed by atoms with E-state index in [2.05, 4.69) is 38.3 Å². The second-order valence-electron chi connectivity index (χ2n) is 6.18. The summed E-state index contributed by atoms with van der Waals surface area (Å²) in [5.41, 5.74) is 9.45. The molecular weight excluding hydrogens is 346 g/mol. The molecule has 1 aromatic carbocycles. The lowest BCUT2D eigenvalue weighted by Crippen LogP contribution is -2.33. The van der Waals surface area contributed by atoms with E-state index in [1.54, 1.807) is 18.1 Å². The summed E-state index contributed by atoms with van der Waals surface area (Å²) in [4.78, 5) is 16.7. The predicted octanol–water partition coefficient (Wildman–Crippen LogP) is 2.92. The van der Waals surface area contributed by atoms with Crippen molar-refractivity contribution in [1.82, 2.24) is 9.29 Å². The van der Waals surface area contributed by atoms with Crippen LogP contribution in [0.5, 0.6) is 0 Å². The van der Waals surface area contributed by atoms with Gasteiger partial charge in [-0.3, -0.25) is 9.78 Å². The summed E-state index contributed by atoms with van der Waals surface area (Å²) >= 11 is 1.74. The minimum Gasteiger partial charge on any atom is -0.468 e. The molecule has 0 bridgehead atoms. The highest BCUT2D eigenvalue weighted by molar-refractivity contribution is 7.97. The number of hydrogen-bond donors (Lipinski definition) is 1. The Hall–Kier alpha value is -2.15. The van der Waals surface area contributed by atoms with E-state index in [1.807, 2.05) is 24.4 Å². The molecule has 0 spiro atoms. The van der Waals surface area contributed by atoms with Gasteiger partial charge in [0.15, 0.2) is 0 Å². The van der Waals surface area contributed by atoms with E-state index in [0.29, 0.717) is 6.42 Å². The van der Waals surface area contributed by atoms with Crippen molar-refractivity contribution < 1.29 is 9.53 Å². The van der Waals surface area contributed by atoms with Crippen LogP contribution < -0.4 is 5.73 Å². The van der Waals surface area contributed by atoms with Gasteiger partial charge in [-0.1, -0.05) is 30.3 Å². The lowest BCUT2D eigenvalue weighted by Gasteiger charge is -2.25. The molecular formula is C20H23N3O2S. The van der Waals surface area contributed by atoms with Crippen molar-refractivity contribution in [3.63, 3.8) is 0 Å². The minimum atomic E-state index is -0.613. The Morgan fingerprint density at radius 1 is 1.35 bits per heavy atom. The predicted molar refractivity (Wildman–Crippen MR) is 104 cm³/mol. The maximum Gasteiger partial charge on any atom is 0.322 e. The Kier molecular flexibility index (Phi) is 6.44. The smallest absolute Gasteiger partial charge is 0.322 e. The molecule has 1 unspecified atom stereocenters. The Morgan fingerprint density at radius 3 is 2.77 bits per heavy atom. The molecule has 136 valence electrons. The van der Waals surface area contributed by atoms with Crippen LogP contribution in [0.1, 0.15) is 17.5 Å². The fourth-order valence-corrected chi connectivity index (χ4v) is 3.77. The van der Waals surface area contributed by atoms with E-state index >= 15 is 0 Å². The van der Waals surface area contributed by atoms with E-state index < -0.39 is 6.04 Å². The third-order valence-corrected chi connectivity index (χ3v) is 5.37. The first-order valence-corrected chi connectivity index (χ1v) is 9.38. The Balaban J connectivity index is 1.57. The third kappa shape index (κ3) is 4.94. The van der Waals surface area contributed by atoms with Gasteiger partial charge < -0.3 is 10.5 Å². The van der Waals surface area contributed by atoms with E-state index in [4.69, 9.17) is 5.73 Å². The largest absolute Gasteiger partial charge is 0.468 e. The van der Waals surface area contributed by atoms with Crippen molar-refractivity contribution in [2.24, 2.45) is 5.73 Å². The van der Waals surface area contributed by atoms with Gasteiger partial charge in [0.25, 0.3) is 0 Å². The molecule has 6 heteroatoms. The highest BCUT2D eigenvalue weighted by Crippen LogP contribution is 2.29. The van der Waals surface area contributed by atoms with Crippen molar-refractivity contribution in [1.29, 1.82) is 0 Å². The summed E-state index contributed by atoms with van der Waals surface area (Å²) in [6, 6.07) is 11.7. The average Bonchev–Trinajstić information content (AvgIpc) is 2.69. The molecule has 5 nitrogen and oxygen atoms in total. The van der Waals surface area contributed by atoms with Crippen molar-refractivity contribution in [2.45, 2.75) is 23.8 Å². The maximum atomic E-state index is 11.4. The first kappa shape index (κ1) is 18.6. The van der Waals surface area contributed by atoms with Crippen LogP contribution in [0.4, 0.5) is 0 Å². The number of methoxy groups -OCH3 is 1. The van der Waals surface area contributed by atoms with Gasteiger partial charge in [0.2, 0.25) is 0 Å². The molecule has 2 aromatic rings. The number of esters is 1. The molecule has 0 radical (unpaired) electrons. The topological polar surface area (TPSA) is 68.5 Å². The third-order valence-electron chi connectivity index (χ3n) is 4.33. The second-order valence-corrected chi connectivity index (χ2v) is 7.35. The van der Waals surface area contributed by atoms with Gasteiger partial charge in [-0.25, -0.2) is 4.31 Å². The zero-order chi connectivity index (χ0) is 18.4. The van der Waals surface area contributed by atoms with Crippen LogP contribution in [0.25, 0.3) is 5.57 Å². The van der Waals surface area contributed by atoms with Crippen molar-refractivity contribution in [3.8, 4) is 0 Å². The molecule has 1 aliphatic rings. The number of nitrogens with two attached hydrogens (primary N) is 1. The zero-order valence-electron chi connectivity index (χ0n) is 14.8. The van der Waals surface area contributed by atoms with Gasteiger partial charge in [0.05, 0.1) is 7.11 Å². The molecule has 1 aliphatic heterocycles. The van der Waals surface area contributed by atoms with Crippen molar-refractivity contribution >= 4 is 23.5 Å². The van der Waals surface area contributed by atoms with Crippen LogP contribution in [0, 0.1) is 0 Å². The number of carbonyl (C=O) groups excluding carboxylic acids is 1. The van der Waals surface area contributed by atoms with Crippen LogP contribution in [0.2, 0.25) is 0 Å². The fraction of sp³-hybridized carbons (Fsp3) is 0.300. The van der Waals surface area contributed by atoms with E-state index in [1.165, 1.54) is 18.2 Å². The highest BCUT2D eigenvalue weighted by atomic mass is 32.2. The lowest BCUT2D eigenvalue weighted by atomic mass is 9.97. The average molecular weight is 369 g/mol. The molecule has 1 aromatic heterocycles. The number of aromatic nitrogens is 1. The fourth-order valence-electron chi connectivity index (χ4n) is 2.89. The van der Waals surface area contributed by atoms with Crippen LogP contribution in [-0.2, 0) is 16.0 Å². The number of carbonyl (C=O) groups is 1. The van der Waals surface area contributed by atoms with Crippen LogP contribution in [0.15, 0.2) is 59.8 Å². The summed E-state index contributed by atoms with van der Waals surface area (Å²) in [6.07, 6.45) is 7.46. The Bertz CT molecular complexity index is 762. The molecule has 0 fully saturated rings. The summed E-state index contributed by atoms with van der Waals surface area (Å²) < 4.78 is 7.01. The van der Waals surface area contributed by atoms with E-state index in [0.717, 1.165) is 30.0 Å². The molecule has 2 N–H and O–H groups in total. The standard InChI is InChI=1S/C20H23N3O2S/c1-25-20(24)19(21)13-15-4-6-16(7-5-15)17-8-11-23(12-9-17)26-18-3-2-10-22-14-18/h2-8,10,14,19H,9,11-13,21H2,1H3. The summed E-state index contributed by atoms with van der Waals surface area (Å²) in [5.74, 6) is -0.379. The minimum absolute atomic E-state index is 0.379. The molecule has 0 amide bonds. The number of rotatable bonds is 6. The normalized spacial score (nSPS) is 16.0. The Morgan fingerprint density at radius 2 is 2.15 bits per heavy atom. The SMILES string of the molecule is COC(=O)C(N)Cc1ccc(C2=CCN(Sc3cccnc3)CC2)cc1. The van der Waals surface area contributed by atoms with Gasteiger partial charge in [-0.15, -0.1) is 0 Å². The Labute approximate surface area is 158 Å². The quantitative estimate of drug-likeness (QED) is 0.624. The van der Waals surface area contributed by atoms with Gasteiger partial charge in [-0.05, 0) is 53.6 Å². The monoisotopic (exact) mass is 369 g/mol. The number of pyridine rings is 1. The maximum absolute atomic E-state index is 11.4. The number of hydrogen-bond acceptors (Lipinski definition) is 6. The van der Waals surface area contributed by atoms with Gasteiger partial charge >= 0.3 is 5.97 Å². The molecule has 3 rings (SSSR count). The van der Waals surface area contributed by atoms with Crippen molar-refractivity contribution in [2.75, 3.05) is 20.2 Å². The molecule has 26 heavy (non-hydrogen) atoms. The van der Waals surface area contributed by atoms with Gasteiger partial charge in [-0.2, -0.15) is 0 Å². The molecule has 1 atom stereocenters. The van der Waals surface area contributed by atoms with Crippen LogP contribution in [-0.4, -0.2) is 41.5 Å². The van der Waals surface area contributed by atoms with Crippen LogP contribution in [0.3, 0.4) is 0 Å². The second kappa shape index (κ2) is 8.98.